The molecule has 0 aliphatic rings. The molecule has 4 aromatic rings. The first-order valence-corrected chi connectivity index (χ1v) is 10.5. The Morgan fingerprint density at radius 3 is 2.76 bits per heavy atom. The molecule has 0 spiro atoms. The summed E-state index contributed by atoms with van der Waals surface area (Å²) in [5, 5.41) is 10.5. The molecule has 0 radical (unpaired) electrons. The summed E-state index contributed by atoms with van der Waals surface area (Å²) in [5.74, 6) is 0.486. The van der Waals surface area contributed by atoms with E-state index in [1.54, 1.807) is 28.8 Å². The number of thiazole rings is 1. The summed E-state index contributed by atoms with van der Waals surface area (Å²) in [6, 6.07) is 12.3. The van der Waals surface area contributed by atoms with Gasteiger partial charge in [-0.2, -0.15) is 4.98 Å². The molecule has 0 unspecified atom stereocenters. The molecular formula is C19H13Cl3N4O2S. The lowest BCUT2D eigenvalue weighted by Crippen LogP contribution is -2.16. The van der Waals surface area contributed by atoms with Crippen molar-refractivity contribution in [3.05, 3.63) is 62.9 Å². The second-order valence-corrected chi connectivity index (χ2v) is 8.04. The van der Waals surface area contributed by atoms with Crippen molar-refractivity contribution in [3.63, 3.8) is 0 Å². The number of nitrogens with zero attached hydrogens (tertiary/aromatic N) is 3. The van der Waals surface area contributed by atoms with Crippen LogP contribution in [-0.4, -0.2) is 27.1 Å². The quantitative estimate of drug-likeness (QED) is 0.387. The van der Waals surface area contributed by atoms with Crippen molar-refractivity contribution in [3.8, 4) is 17.0 Å². The Balaban J connectivity index is 1.43. The molecule has 1 amide bonds. The van der Waals surface area contributed by atoms with Gasteiger partial charge in [0.2, 0.25) is 16.8 Å². The minimum absolute atomic E-state index is 0.133. The smallest absolute Gasteiger partial charge is 0.250 e. The summed E-state index contributed by atoms with van der Waals surface area (Å²) in [5.41, 5.74) is 1.54. The number of benzene rings is 2. The molecule has 2 heterocycles. The molecule has 6 nitrogen and oxygen atoms in total. The molecule has 1 N–H and O–H groups in total. The number of halogens is 3. The maximum absolute atomic E-state index is 12.2. The Morgan fingerprint density at radius 2 is 1.97 bits per heavy atom. The van der Waals surface area contributed by atoms with Gasteiger partial charge in [0.05, 0.1) is 28.8 Å². The third-order valence-electron chi connectivity index (χ3n) is 3.96. The van der Waals surface area contributed by atoms with Crippen molar-refractivity contribution < 1.29 is 9.53 Å². The van der Waals surface area contributed by atoms with Gasteiger partial charge in [-0.3, -0.25) is 10.1 Å². The second-order valence-electron chi connectivity index (χ2n) is 5.95. The molecule has 10 heteroatoms. The van der Waals surface area contributed by atoms with Gasteiger partial charge in [0, 0.05) is 16.0 Å². The van der Waals surface area contributed by atoms with Gasteiger partial charge in [-0.25, -0.2) is 4.52 Å². The van der Waals surface area contributed by atoms with Gasteiger partial charge in [-0.15, -0.1) is 16.4 Å². The average molecular weight is 468 g/mol. The lowest BCUT2D eigenvalue weighted by molar-refractivity contribution is -0.116. The summed E-state index contributed by atoms with van der Waals surface area (Å²) >= 11 is 19.7. The van der Waals surface area contributed by atoms with Crippen LogP contribution in [0.3, 0.4) is 0 Å². The Bertz CT molecular complexity index is 1190. The molecule has 4 rings (SSSR count). The zero-order valence-electron chi connectivity index (χ0n) is 14.7. The Hall–Kier alpha value is -2.32. The molecule has 2 aromatic carbocycles. The molecule has 0 fully saturated rings. The first-order chi connectivity index (χ1) is 14.0. The third kappa shape index (κ3) is 4.48. The van der Waals surface area contributed by atoms with Crippen LogP contribution in [0.1, 0.15) is 6.42 Å². The Morgan fingerprint density at radius 1 is 1.14 bits per heavy atom. The van der Waals surface area contributed by atoms with Crippen LogP contribution in [0.4, 0.5) is 5.95 Å². The first-order valence-electron chi connectivity index (χ1n) is 8.48. The van der Waals surface area contributed by atoms with Crippen molar-refractivity contribution in [2.24, 2.45) is 0 Å². The van der Waals surface area contributed by atoms with Gasteiger partial charge in [-0.05, 0) is 30.3 Å². The van der Waals surface area contributed by atoms with E-state index in [-0.39, 0.29) is 24.9 Å². The maximum atomic E-state index is 12.2. The normalized spacial score (nSPS) is 11.0. The fourth-order valence-electron chi connectivity index (χ4n) is 2.62. The van der Waals surface area contributed by atoms with E-state index in [1.165, 1.54) is 11.3 Å². The number of hydrogen-bond acceptors (Lipinski definition) is 5. The van der Waals surface area contributed by atoms with Gasteiger partial charge in [0.15, 0.2) is 0 Å². The van der Waals surface area contributed by atoms with E-state index in [4.69, 9.17) is 39.5 Å². The molecule has 0 aliphatic heterocycles. The summed E-state index contributed by atoms with van der Waals surface area (Å²) in [6.45, 7) is 0.184. The molecular weight excluding hydrogens is 455 g/mol. The zero-order valence-corrected chi connectivity index (χ0v) is 17.8. The Kier molecular flexibility index (Phi) is 5.91. The van der Waals surface area contributed by atoms with Crippen LogP contribution in [0.25, 0.3) is 16.2 Å². The highest BCUT2D eigenvalue weighted by molar-refractivity contribution is 7.15. The van der Waals surface area contributed by atoms with Crippen LogP contribution in [0, 0.1) is 0 Å². The highest BCUT2D eigenvalue weighted by Gasteiger charge is 2.15. The number of amides is 1. The summed E-state index contributed by atoms with van der Waals surface area (Å²) in [7, 11) is 0. The molecule has 0 saturated carbocycles. The molecule has 0 saturated heterocycles. The van der Waals surface area contributed by atoms with E-state index in [1.807, 2.05) is 23.6 Å². The van der Waals surface area contributed by atoms with Crippen molar-refractivity contribution in [1.29, 1.82) is 0 Å². The minimum Gasteiger partial charge on any atom is -0.491 e. The van der Waals surface area contributed by atoms with Gasteiger partial charge in [0.25, 0.3) is 0 Å². The van der Waals surface area contributed by atoms with Crippen molar-refractivity contribution in [2.45, 2.75) is 6.42 Å². The first kappa shape index (κ1) is 20.0. The van der Waals surface area contributed by atoms with E-state index < -0.39 is 0 Å². The van der Waals surface area contributed by atoms with Crippen LogP contribution in [-0.2, 0) is 4.79 Å². The van der Waals surface area contributed by atoms with Gasteiger partial charge < -0.3 is 4.74 Å². The van der Waals surface area contributed by atoms with E-state index >= 15 is 0 Å². The predicted molar refractivity (Wildman–Crippen MR) is 117 cm³/mol. The maximum Gasteiger partial charge on any atom is 0.250 e. The predicted octanol–water partition coefficient (Wildman–Crippen LogP) is 5.83. The SMILES string of the molecule is O=C(CCOc1ccccc1Cl)Nc1nc2scc(-c3ccc(Cl)cc3Cl)n2n1. The Labute approximate surface area is 185 Å². The van der Waals surface area contributed by atoms with E-state index in [0.29, 0.717) is 25.8 Å². The summed E-state index contributed by atoms with van der Waals surface area (Å²) in [4.78, 5) is 17.2. The largest absolute Gasteiger partial charge is 0.491 e. The monoisotopic (exact) mass is 466 g/mol. The molecule has 2 aromatic heterocycles. The topological polar surface area (TPSA) is 68.5 Å². The number of ether oxygens (including phenoxy) is 1. The highest BCUT2D eigenvalue weighted by atomic mass is 35.5. The lowest BCUT2D eigenvalue weighted by Gasteiger charge is -2.07. The zero-order chi connectivity index (χ0) is 20.4. The summed E-state index contributed by atoms with van der Waals surface area (Å²) in [6.07, 6.45) is 0.133. The van der Waals surface area contributed by atoms with Crippen LogP contribution in [0.15, 0.2) is 47.8 Å². The third-order valence-corrected chi connectivity index (χ3v) is 5.64. The number of carbonyl (C=O) groups excluding carboxylic acids is 1. The molecule has 0 atom stereocenters. The fourth-order valence-corrected chi connectivity index (χ4v) is 4.14. The van der Waals surface area contributed by atoms with E-state index in [0.717, 1.165) is 11.3 Å². The van der Waals surface area contributed by atoms with Gasteiger partial charge in [0.1, 0.15) is 5.75 Å². The standard InChI is InChI=1S/C19H13Cl3N4O2S/c20-11-5-6-12(14(22)9-11)15-10-29-19-24-18(25-26(15)19)23-17(27)7-8-28-16-4-2-1-3-13(16)21/h1-6,9-10H,7-8H2,(H,23,25,27). The van der Waals surface area contributed by atoms with Crippen molar-refractivity contribution >= 4 is 63.0 Å². The fraction of sp³-hybridized carbons (Fsp3) is 0.105. The van der Waals surface area contributed by atoms with Gasteiger partial charge in [-0.1, -0.05) is 46.9 Å². The van der Waals surface area contributed by atoms with Crippen molar-refractivity contribution in [1.82, 2.24) is 14.6 Å². The number of aromatic nitrogens is 3. The highest BCUT2D eigenvalue weighted by Crippen LogP contribution is 2.33. The number of para-hydroxylation sites is 1. The second kappa shape index (κ2) is 8.59. The minimum atomic E-state index is -0.263. The number of carbonyl (C=O) groups is 1. The van der Waals surface area contributed by atoms with Crippen LogP contribution < -0.4 is 10.1 Å². The molecule has 148 valence electrons. The average Bonchev–Trinajstić information content (AvgIpc) is 3.24. The van der Waals surface area contributed by atoms with Gasteiger partial charge >= 0.3 is 0 Å². The number of anilines is 1. The van der Waals surface area contributed by atoms with E-state index in [2.05, 4.69) is 15.4 Å². The number of fused-ring (bicyclic) bond motifs is 1. The van der Waals surface area contributed by atoms with Crippen molar-refractivity contribution in [2.75, 3.05) is 11.9 Å². The summed E-state index contributed by atoms with van der Waals surface area (Å²) < 4.78 is 7.16. The molecule has 0 aliphatic carbocycles. The van der Waals surface area contributed by atoms with Crippen LogP contribution in [0.5, 0.6) is 5.75 Å². The molecule has 29 heavy (non-hydrogen) atoms. The number of rotatable bonds is 6. The number of hydrogen-bond donors (Lipinski definition) is 1. The van der Waals surface area contributed by atoms with E-state index in [9.17, 15) is 4.79 Å². The lowest BCUT2D eigenvalue weighted by atomic mass is 10.2. The van der Waals surface area contributed by atoms with Crippen LogP contribution >= 0.6 is 46.1 Å². The molecule has 0 bridgehead atoms. The number of nitrogens with one attached hydrogen (secondary N) is 1. The van der Waals surface area contributed by atoms with Crippen LogP contribution in [0.2, 0.25) is 15.1 Å².